The van der Waals surface area contributed by atoms with E-state index < -0.39 is 10.0 Å². The van der Waals surface area contributed by atoms with E-state index in [-0.39, 0.29) is 4.90 Å². The first-order valence-electron chi connectivity index (χ1n) is 6.90. The smallest absolute Gasteiger partial charge is 0.244 e. The molecule has 1 saturated heterocycles. The lowest BCUT2D eigenvalue weighted by Crippen LogP contribution is -2.30. The maximum atomic E-state index is 12.4. The van der Waals surface area contributed by atoms with Gasteiger partial charge in [-0.1, -0.05) is 6.92 Å². The second-order valence-corrected chi connectivity index (χ2v) is 7.74. The highest BCUT2D eigenvalue weighted by atomic mass is 32.2. The number of rotatable bonds is 7. The minimum Gasteiger partial charge on any atom is -0.369 e. The second kappa shape index (κ2) is 7.28. The van der Waals surface area contributed by atoms with Crippen LogP contribution in [0.2, 0.25) is 0 Å². The van der Waals surface area contributed by atoms with Gasteiger partial charge in [0.25, 0.3) is 0 Å². The van der Waals surface area contributed by atoms with Crippen molar-refractivity contribution in [3.05, 3.63) is 18.3 Å². The molecule has 1 fully saturated rings. The maximum Gasteiger partial charge on any atom is 0.244 e. The number of hydrogen-bond donors (Lipinski definition) is 2. The van der Waals surface area contributed by atoms with Crippen LogP contribution in [-0.2, 0) is 10.0 Å². The van der Waals surface area contributed by atoms with Crippen molar-refractivity contribution in [2.24, 2.45) is 5.92 Å². The standard InChI is InChI=1S/C13H21N3O2S2/c1-2-6-14-13-12(4-3-7-15-13)20(17,18)16-9-11-5-8-19-10-11/h3-4,7,11,16H,2,5-6,8-10H2,1H3,(H,14,15). The Kier molecular flexibility index (Phi) is 5.68. The number of hydrogen-bond acceptors (Lipinski definition) is 5. The molecule has 1 aliphatic heterocycles. The second-order valence-electron chi connectivity index (χ2n) is 4.86. The third-order valence-corrected chi connectivity index (χ3v) is 5.88. The summed E-state index contributed by atoms with van der Waals surface area (Å²) in [5, 5.41) is 3.06. The fourth-order valence-electron chi connectivity index (χ4n) is 2.03. The quantitative estimate of drug-likeness (QED) is 0.804. The predicted octanol–water partition coefficient (Wildman–Crippen LogP) is 1.93. The van der Waals surface area contributed by atoms with Crippen LogP contribution in [0, 0.1) is 5.92 Å². The van der Waals surface area contributed by atoms with Crippen LogP contribution in [0.1, 0.15) is 19.8 Å². The Morgan fingerprint density at radius 2 is 2.35 bits per heavy atom. The van der Waals surface area contributed by atoms with Gasteiger partial charge in [-0.25, -0.2) is 18.1 Å². The molecule has 5 nitrogen and oxygen atoms in total. The molecular weight excluding hydrogens is 294 g/mol. The molecule has 0 aliphatic carbocycles. The SMILES string of the molecule is CCCNc1ncccc1S(=O)(=O)NCC1CCSC1. The van der Waals surface area contributed by atoms with Crippen molar-refractivity contribution in [2.45, 2.75) is 24.7 Å². The lowest BCUT2D eigenvalue weighted by atomic mass is 10.1. The summed E-state index contributed by atoms with van der Waals surface area (Å²) in [4.78, 5) is 4.36. The zero-order chi connectivity index (χ0) is 14.4. The third kappa shape index (κ3) is 4.10. The van der Waals surface area contributed by atoms with Gasteiger partial charge in [-0.05, 0) is 42.4 Å². The fraction of sp³-hybridized carbons (Fsp3) is 0.615. The van der Waals surface area contributed by atoms with Crippen LogP contribution >= 0.6 is 11.8 Å². The molecule has 2 heterocycles. The summed E-state index contributed by atoms with van der Waals surface area (Å²) in [5.74, 6) is 3.04. The first-order chi connectivity index (χ1) is 9.63. The molecule has 2 N–H and O–H groups in total. The molecule has 1 aromatic rings. The number of anilines is 1. The van der Waals surface area contributed by atoms with Crippen molar-refractivity contribution in [1.29, 1.82) is 0 Å². The monoisotopic (exact) mass is 315 g/mol. The average Bonchev–Trinajstić information content (AvgIpc) is 2.97. The van der Waals surface area contributed by atoms with Crippen molar-refractivity contribution in [3.63, 3.8) is 0 Å². The summed E-state index contributed by atoms with van der Waals surface area (Å²) in [6.45, 7) is 3.25. The van der Waals surface area contributed by atoms with Crippen LogP contribution in [0.4, 0.5) is 5.82 Å². The first kappa shape index (κ1) is 15.6. The number of sulfonamides is 1. The topological polar surface area (TPSA) is 71.1 Å². The summed E-state index contributed by atoms with van der Waals surface area (Å²) in [5.41, 5.74) is 0. The van der Waals surface area contributed by atoms with Gasteiger partial charge in [0.1, 0.15) is 10.7 Å². The molecule has 7 heteroatoms. The molecule has 1 aliphatic rings. The summed E-state index contributed by atoms with van der Waals surface area (Å²) in [6.07, 6.45) is 3.61. The van der Waals surface area contributed by atoms with Gasteiger partial charge in [-0.3, -0.25) is 0 Å². The number of nitrogens with zero attached hydrogens (tertiary/aromatic N) is 1. The molecule has 0 bridgehead atoms. The van der Waals surface area contributed by atoms with E-state index in [0.29, 0.717) is 24.8 Å². The molecule has 1 aromatic heterocycles. The lowest BCUT2D eigenvalue weighted by molar-refractivity contribution is 0.546. The zero-order valence-electron chi connectivity index (χ0n) is 11.6. The van der Waals surface area contributed by atoms with E-state index in [0.717, 1.165) is 24.3 Å². The van der Waals surface area contributed by atoms with Gasteiger partial charge in [0.2, 0.25) is 10.0 Å². The van der Waals surface area contributed by atoms with E-state index in [9.17, 15) is 8.42 Å². The Hall–Kier alpha value is -0.790. The molecule has 0 spiro atoms. The molecule has 0 amide bonds. The molecule has 0 saturated carbocycles. The van der Waals surface area contributed by atoms with Crippen molar-refractivity contribution in [1.82, 2.24) is 9.71 Å². The Labute approximate surface area is 125 Å². The summed E-state index contributed by atoms with van der Waals surface area (Å²) in [7, 11) is -3.49. The number of nitrogens with one attached hydrogen (secondary N) is 2. The van der Waals surface area contributed by atoms with Gasteiger partial charge < -0.3 is 5.32 Å². The van der Waals surface area contributed by atoms with E-state index in [2.05, 4.69) is 15.0 Å². The van der Waals surface area contributed by atoms with Gasteiger partial charge in [0.05, 0.1) is 0 Å². The van der Waals surface area contributed by atoms with E-state index in [1.807, 2.05) is 18.7 Å². The first-order valence-corrected chi connectivity index (χ1v) is 9.53. The molecule has 0 aromatic carbocycles. The Balaban J connectivity index is 2.07. The zero-order valence-corrected chi connectivity index (χ0v) is 13.3. The molecule has 112 valence electrons. The Bertz CT molecular complexity index is 528. The molecule has 20 heavy (non-hydrogen) atoms. The molecular formula is C13H21N3O2S2. The van der Waals surface area contributed by atoms with Gasteiger partial charge in [-0.15, -0.1) is 0 Å². The number of thioether (sulfide) groups is 1. The van der Waals surface area contributed by atoms with Crippen molar-refractivity contribution < 1.29 is 8.42 Å². The average molecular weight is 315 g/mol. The molecule has 1 atom stereocenters. The van der Waals surface area contributed by atoms with Crippen LogP contribution < -0.4 is 10.0 Å². The summed E-state index contributed by atoms with van der Waals surface area (Å²) >= 11 is 1.88. The normalized spacial score (nSPS) is 19.1. The fourth-order valence-corrected chi connectivity index (χ4v) is 4.57. The van der Waals surface area contributed by atoms with Gasteiger partial charge in [0.15, 0.2) is 0 Å². The van der Waals surface area contributed by atoms with Crippen LogP contribution in [0.3, 0.4) is 0 Å². The number of aromatic nitrogens is 1. The van der Waals surface area contributed by atoms with E-state index in [4.69, 9.17) is 0 Å². The van der Waals surface area contributed by atoms with Crippen molar-refractivity contribution >= 4 is 27.6 Å². The van der Waals surface area contributed by atoms with E-state index >= 15 is 0 Å². The minimum atomic E-state index is -3.49. The van der Waals surface area contributed by atoms with Crippen LogP contribution in [0.5, 0.6) is 0 Å². The van der Waals surface area contributed by atoms with E-state index in [1.165, 1.54) is 0 Å². The maximum absolute atomic E-state index is 12.4. The van der Waals surface area contributed by atoms with Crippen LogP contribution in [0.25, 0.3) is 0 Å². The van der Waals surface area contributed by atoms with Gasteiger partial charge in [0, 0.05) is 19.3 Å². The van der Waals surface area contributed by atoms with E-state index in [1.54, 1.807) is 18.3 Å². The Morgan fingerprint density at radius 3 is 3.05 bits per heavy atom. The highest BCUT2D eigenvalue weighted by Crippen LogP contribution is 2.24. The highest BCUT2D eigenvalue weighted by Gasteiger charge is 2.22. The predicted molar refractivity (Wildman–Crippen MR) is 83.6 cm³/mol. The number of pyridine rings is 1. The van der Waals surface area contributed by atoms with Crippen LogP contribution in [-0.4, -0.2) is 38.0 Å². The summed E-state index contributed by atoms with van der Waals surface area (Å²) < 4.78 is 27.5. The third-order valence-electron chi connectivity index (χ3n) is 3.19. The van der Waals surface area contributed by atoms with Crippen LogP contribution in [0.15, 0.2) is 23.2 Å². The molecule has 2 rings (SSSR count). The van der Waals surface area contributed by atoms with Crippen molar-refractivity contribution in [3.8, 4) is 0 Å². The summed E-state index contributed by atoms with van der Waals surface area (Å²) in [6, 6.07) is 3.24. The largest absolute Gasteiger partial charge is 0.369 e. The van der Waals surface area contributed by atoms with Gasteiger partial charge in [-0.2, -0.15) is 11.8 Å². The lowest BCUT2D eigenvalue weighted by Gasteiger charge is -2.13. The Morgan fingerprint density at radius 1 is 1.50 bits per heavy atom. The van der Waals surface area contributed by atoms with Gasteiger partial charge >= 0.3 is 0 Å². The molecule has 0 radical (unpaired) electrons. The minimum absolute atomic E-state index is 0.235. The highest BCUT2D eigenvalue weighted by molar-refractivity contribution is 7.99. The van der Waals surface area contributed by atoms with Crippen molar-refractivity contribution in [2.75, 3.05) is 29.9 Å². The molecule has 1 unspecified atom stereocenters.